The molecule has 0 bridgehead atoms. The first kappa shape index (κ1) is 25.1. The molecule has 28 heavy (non-hydrogen) atoms. The lowest BCUT2D eigenvalue weighted by atomic mass is 10.0. The quantitative estimate of drug-likeness (QED) is 0.220. The standard InChI is InChI=1S/C20H32FN3O3.HI/c1-22-20(23-8-3-9-27-14-16-6-10-26-11-7-16)24-13-17-4-5-19(21)18(12-17)15-25-2;/h4-5,12,16H,3,6-11,13-15H2,1-2H3,(H2,22,23,24);1H. The molecule has 1 saturated heterocycles. The van der Waals surface area contributed by atoms with Crippen molar-refractivity contribution in [2.75, 3.05) is 47.1 Å². The molecule has 2 rings (SSSR count). The van der Waals surface area contributed by atoms with Crippen LogP contribution in [0.15, 0.2) is 23.2 Å². The zero-order chi connectivity index (χ0) is 19.3. The Labute approximate surface area is 184 Å². The lowest BCUT2D eigenvalue weighted by molar-refractivity contribution is 0.0203. The van der Waals surface area contributed by atoms with Crippen LogP contribution in [0.1, 0.15) is 30.4 Å². The van der Waals surface area contributed by atoms with Gasteiger partial charge in [-0.3, -0.25) is 4.99 Å². The third-order valence-electron chi connectivity index (χ3n) is 4.55. The SMILES string of the molecule is CN=C(NCCCOCC1CCOCC1)NCc1ccc(F)c(COC)c1.I. The molecular formula is C20H33FIN3O3. The summed E-state index contributed by atoms with van der Waals surface area (Å²) in [5.41, 5.74) is 1.53. The number of ether oxygens (including phenoxy) is 3. The summed E-state index contributed by atoms with van der Waals surface area (Å²) in [6.07, 6.45) is 3.12. The Kier molecular flexibility index (Phi) is 13.4. The molecule has 8 heteroatoms. The van der Waals surface area contributed by atoms with Gasteiger partial charge in [-0.25, -0.2) is 4.39 Å². The van der Waals surface area contributed by atoms with Gasteiger partial charge in [0.25, 0.3) is 0 Å². The molecule has 0 saturated carbocycles. The molecular weight excluding hydrogens is 476 g/mol. The van der Waals surface area contributed by atoms with Gasteiger partial charge >= 0.3 is 0 Å². The first-order chi connectivity index (χ1) is 13.2. The molecule has 2 N–H and O–H groups in total. The predicted octanol–water partition coefficient (Wildman–Crippen LogP) is 3.09. The molecule has 0 radical (unpaired) electrons. The first-order valence-electron chi connectivity index (χ1n) is 9.59. The maximum atomic E-state index is 13.7. The zero-order valence-corrected chi connectivity index (χ0v) is 19.2. The molecule has 1 aromatic carbocycles. The molecule has 0 spiro atoms. The Hall–Kier alpha value is -0.970. The molecule has 160 valence electrons. The molecule has 0 amide bonds. The monoisotopic (exact) mass is 509 g/mol. The highest BCUT2D eigenvalue weighted by Gasteiger charge is 2.13. The van der Waals surface area contributed by atoms with E-state index in [0.717, 1.165) is 63.8 Å². The Balaban J connectivity index is 0.00000392. The summed E-state index contributed by atoms with van der Waals surface area (Å²) in [5.74, 6) is 1.11. The maximum absolute atomic E-state index is 13.7. The van der Waals surface area contributed by atoms with Gasteiger partial charge in [0, 0.05) is 59.2 Å². The van der Waals surface area contributed by atoms with Crippen LogP contribution in [0.4, 0.5) is 4.39 Å². The van der Waals surface area contributed by atoms with Crippen LogP contribution >= 0.6 is 24.0 Å². The number of hydrogen-bond donors (Lipinski definition) is 2. The zero-order valence-electron chi connectivity index (χ0n) is 16.8. The van der Waals surface area contributed by atoms with Gasteiger partial charge in [0.05, 0.1) is 6.61 Å². The smallest absolute Gasteiger partial charge is 0.191 e. The number of nitrogens with zero attached hydrogens (tertiary/aromatic N) is 1. The van der Waals surface area contributed by atoms with Gasteiger partial charge in [0.1, 0.15) is 5.82 Å². The lowest BCUT2D eigenvalue weighted by Crippen LogP contribution is -2.37. The summed E-state index contributed by atoms with van der Waals surface area (Å²) in [5, 5.41) is 6.51. The van der Waals surface area contributed by atoms with Crippen LogP contribution in [0.2, 0.25) is 0 Å². The van der Waals surface area contributed by atoms with Crippen molar-refractivity contribution in [1.29, 1.82) is 0 Å². The fourth-order valence-electron chi connectivity index (χ4n) is 2.95. The van der Waals surface area contributed by atoms with Crippen LogP contribution in [0.3, 0.4) is 0 Å². The van der Waals surface area contributed by atoms with Crippen LogP contribution in [-0.4, -0.2) is 53.1 Å². The van der Waals surface area contributed by atoms with E-state index in [9.17, 15) is 4.39 Å². The predicted molar refractivity (Wildman–Crippen MR) is 120 cm³/mol. The number of rotatable bonds is 10. The van der Waals surface area contributed by atoms with E-state index in [-0.39, 0.29) is 36.4 Å². The minimum Gasteiger partial charge on any atom is -0.381 e. The van der Waals surface area contributed by atoms with Gasteiger partial charge < -0.3 is 24.8 Å². The van der Waals surface area contributed by atoms with Crippen molar-refractivity contribution in [3.8, 4) is 0 Å². The van der Waals surface area contributed by atoms with Crippen molar-refractivity contribution in [2.24, 2.45) is 10.9 Å². The molecule has 0 atom stereocenters. The topological polar surface area (TPSA) is 64.1 Å². The largest absolute Gasteiger partial charge is 0.381 e. The van der Waals surface area contributed by atoms with E-state index in [4.69, 9.17) is 14.2 Å². The lowest BCUT2D eigenvalue weighted by Gasteiger charge is -2.21. The number of aliphatic imine (C=N–C) groups is 1. The van der Waals surface area contributed by atoms with Crippen LogP contribution in [-0.2, 0) is 27.4 Å². The third-order valence-corrected chi connectivity index (χ3v) is 4.55. The first-order valence-corrected chi connectivity index (χ1v) is 9.59. The van der Waals surface area contributed by atoms with Crippen LogP contribution in [0.5, 0.6) is 0 Å². The number of benzene rings is 1. The number of hydrogen-bond acceptors (Lipinski definition) is 4. The van der Waals surface area contributed by atoms with Gasteiger partial charge in [-0.1, -0.05) is 6.07 Å². The Bertz CT molecular complexity index is 584. The van der Waals surface area contributed by atoms with Crippen molar-refractivity contribution >= 4 is 29.9 Å². The van der Waals surface area contributed by atoms with Gasteiger partial charge in [-0.05, 0) is 42.9 Å². The second-order valence-electron chi connectivity index (χ2n) is 6.70. The number of methoxy groups -OCH3 is 1. The van der Waals surface area contributed by atoms with Crippen LogP contribution in [0.25, 0.3) is 0 Å². The van der Waals surface area contributed by atoms with Crippen molar-refractivity contribution in [3.05, 3.63) is 35.1 Å². The summed E-state index contributed by atoms with van der Waals surface area (Å²) in [6, 6.07) is 5.04. The van der Waals surface area contributed by atoms with Crippen molar-refractivity contribution < 1.29 is 18.6 Å². The summed E-state index contributed by atoms with van der Waals surface area (Å²) < 4.78 is 29.8. The van der Waals surface area contributed by atoms with Crippen molar-refractivity contribution in [2.45, 2.75) is 32.4 Å². The second-order valence-corrected chi connectivity index (χ2v) is 6.70. The summed E-state index contributed by atoms with van der Waals surface area (Å²) in [4.78, 5) is 4.21. The van der Waals surface area contributed by atoms with Crippen LogP contribution in [0, 0.1) is 11.7 Å². The fraction of sp³-hybridized carbons (Fsp3) is 0.650. The van der Waals surface area contributed by atoms with E-state index >= 15 is 0 Å². The second kappa shape index (κ2) is 14.9. The van der Waals surface area contributed by atoms with E-state index in [2.05, 4.69) is 15.6 Å². The van der Waals surface area contributed by atoms with E-state index in [1.54, 1.807) is 20.2 Å². The average molecular weight is 509 g/mol. The Morgan fingerprint density at radius 1 is 1.29 bits per heavy atom. The van der Waals surface area contributed by atoms with Gasteiger partial charge in [-0.2, -0.15) is 0 Å². The van der Waals surface area contributed by atoms with Crippen molar-refractivity contribution in [3.63, 3.8) is 0 Å². The Morgan fingerprint density at radius 2 is 2.07 bits per heavy atom. The summed E-state index contributed by atoms with van der Waals surface area (Å²) in [6.45, 7) is 4.89. The Morgan fingerprint density at radius 3 is 2.79 bits per heavy atom. The van der Waals surface area contributed by atoms with Gasteiger partial charge in [0.2, 0.25) is 0 Å². The molecule has 0 aromatic heterocycles. The molecule has 0 aliphatic carbocycles. The van der Waals surface area contributed by atoms with E-state index in [1.807, 2.05) is 6.07 Å². The molecule has 1 aliphatic heterocycles. The normalized spacial score (nSPS) is 15.2. The summed E-state index contributed by atoms with van der Waals surface area (Å²) >= 11 is 0. The molecule has 1 aliphatic rings. The number of halogens is 2. The summed E-state index contributed by atoms with van der Waals surface area (Å²) in [7, 11) is 3.29. The van der Waals surface area contributed by atoms with Crippen LogP contribution < -0.4 is 10.6 Å². The van der Waals surface area contributed by atoms with Crippen molar-refractivity contribution in [1.82, 2.24) is 10.6 Å². The van der Waals surface area contributed by atoms with Gasteiger partial charge in [0.15, 0.2) is 5.96 Å². The molecule has 0 unspecified atom stereocenters. The minimum absolute atomic E-state index is 0. The molecule has 1 aromatic rings. The van der Waals surface area contributed by atoms with E-state index < -0.39 is 0 Å². The maximum Gasteiger partial charge on any atom is 0.191 e. The highest BCUT2D eigenvalue weighted by Crippen LogP contribution is 2.14. The molecule has 1 fully saturated rings. The van der Waals surface area contributed by atoms with E-state index in [0.29, 0.717) is 18.0 Å². The average Bonchev–Trinajstić information content (AvgIpc) is 2.70. The highest BCUT2D eigenvalue weighted by molar-refractivity contribution is 14.0. The fourth-order valence-corrected chi connectivity index (χ4v) is 2.95. The minimum atomic E-state index is -0.246. The van der Waals surface area contributed by atoms with Gasteiger partial charge in [-0.15, -0.1) is 24.0 Å². The molecule has 6 nitrogen and oxygen atoms in total. The number of guanidine groups is 1. The van der Waals surface area contributed by atoms with E-state index in [1.165, 1.54) is 6.07 Å². The highest BCUT2D eigenvalue weighted by atomic mass is 127. The third kappa shape index (κ3) is 9.49. The molecule has 1 heterocycles. The number of nitrogens with one attached hydrogen (secondary N) is 2.